The first-order valence-electron chi connectivity index (χ1n) is 9.45. The summed E-state index contributed by atoms with van der Waals surface area (Å²) in [6, 6.07) is 13.2. The average Bonchev–Trinajstić information content (AvgIpc) is 3.06. The molecule has 0 saturated carbocycles. The van der Waals surface area contributed by atoms with Crippen molar-refractivity contribution in [2.45, 2.75) is 6.92 Å². The first kappa shape index (κ1) is 23.4. The smallest absolute Gasteiger partial charge is 0.349 e. The Morgan fingerprint density at radius 1 is 0.788 bits per heavy atom. The van der Waals surface area contributed by atoms with Gasteiger partial charge in [-0.05, 0) is 30.7 Å². The molecule has 0 unspecified atom stereocenters. The molecule has 0 radical (unpaired) electrons. The molecule has 0 N–H and O–H groups in total. The summed E-state index contributed by atoms with van der Waals surface area (Å²) in [7, 11) is 0. The maximum Gasteiger partial charge on any atom is 0.349 e. The summed E-state index contributed by atoms with van der Waals surface area (Å²) < 4.78 is 10.9. The highest BCUT2D eigenvalue weighted by Crippen LogP contribution is 2.46. The number of rotatable bonds is 5. The summed E-state index contributed by atoms with van der Waals surface area (Å²) >= 11 is 24.5. The monoisotopic (exact) mass is 523 g/mol. The predicted molar refractivity (Wildman–Crippen MR) is 126 cm³/mol. The first-order valence-corrected chi connectivity index (χ1v) is 11.0. The molecule has 1 heterocycles. The van der Waals surface area contributed by atoms with Crippen LogP contribution in [0.15, 0.2) is 48.5 Å². The summed E-state index contributed by atoms with van der Waals surface area (Å²) in [5.74, 6) is -1.79. The number of amides is 2. The summed E-state index contributed by atoms with van der Waals surface area (Å²) in [5.41, 5.74) is 0.519. The summed E-state index contributed by atoms with van der Waals surface area (Å²) in [4.78, 5) is 39.5. The maximum absolute atomic E-state index is 13.1. The van der Waals surface area contributed by atoms with Gasteiger partial charge in [0.2, 0.25) is 0 Å². The third-order valence-corrected chi connectivity index (χ3v) is 6.67. The fraction of sp³-hybridized carbons (Fsp3) is 0.0870. The molecule has 0 fully saturated rings. The zero-order valence-corrected chi connectivity index (χ0v) is 19.8. The van der Waals surface area contributed by atoms with Gasteiger partial charge in [0.25, 0.3) is 11.8 Å². The minimum absolute atomic E-state index is 0.0207. The van der Waals surface area contributed by atoms with Gasteiger partial charge >= 0.3 is 5.97 Å². The second-order valence-electron chi connectivity index (χ2n) is 6.95. The lowest BCUT2D eigenvalue weighted by molar-refractivity contribution is -0.136. The van der Waals surface area contributed by atoms with Crippen molar-refractivity contribution in [2.24, 2.45) is 0 Å². The van der Waals surface area contributed by atoms with E-state index in [9.17, 15) is 14.4 Å². The van der Waals surface area contributed by atoms with E-state index in [-0.39, 0.29) is 49.3 Å². The highest BCUT2D eigenvalue weighted by atomic mass is 35.5. The van der Waals surface area contributed by atoms with Crippen LogP contribution in [0.3, 0.4) is 0 Å². The van der Waals surface area contributed by atoms with Crippen LogP contribution < -0.4 is 14.4 Å². The van der Waals surface area contributed by atoms with E-state index >= 15 is 0 Å². The minimum Gasteiger partial charge on any atom is -0.482 e. The Morgan fingerprint density at radius 2 is 1.30 bits per heavy atom. The van der Waals surface area contributed by atoms with E-state index in [2.05, 4.69) is 0 Å². The number of halogens is 4. The number of nitrogens with zero attached hydrogens (tertiary/aromatic N) is 1. The molecule has 0 spiro atoms. The number of imide groups is 1. The van der Waals surface area contributed by atoms with Crippen LogP contribution in [-0.2, 0) is 4.79 Å². The van der Waals surface area contributed by atoms with Crippen molar-refractivity contribution in [1.82, 2.24) is 0 Å². The fourth-order valence-corrected chi connectivity index (χ4v) is 4.32. The molecule has 3 aromatic carbocycles. The van der Waals surface area contributed by atoms with Crippen LogP contribution in [0.1, 0.15) is 26.3 Å². The molecule has 0 aromatic heterocycles. The molecule has 0 aliphatic carbocycles. The molecule has 1 aliphatic rings. The van der Waals surface area contributed by atoms with Crippen molar-refractivity contribution in [3.8, 4) is 11.5 Å². The number of esters is 1. The lowest BCUT2D eigenvalue weighted by Crippen LogP contribution is -2.30. The molecule has 10 heteroatoms. The number of anilines is 1. The van der Waals surface area contributed by atoms with Crippen molar-refractivity contribution in [2.75, 3.05) is 11.5 Å². The Labute approximate surface area is 208 Å². The van der Waals surface area contributed by atoms with E-state index < -0.39 is 17.8 Å². The standard InChI is InChI=1S/C23H13Cl4NO5/c1-11-6-2-4-8-13(11)32-10-15(29)33-14-9-5-3-7-12(14)28-22(30)16-17(23(28)31)19(25)21(27)20(26)18(16)24/h2-9H,10H2,1H3. The van der Waals surface area contributed by atoms with E-state index in [1.54, 1.807) is 24.3 Å². The molecule has 4 rings (SSSR count). The van der Waals surface area contributed by atoms with Crippen LogP contribution >= 0.6 is 46.4 Å². The Kier molecular flexibility index (Phi) is 6.54. The Bertz CT molecular complexity index is 1280. The SMILES string of the molecule is Cc1ccccc1OCC(=O)Oc1ccccc1N1C(=O)c2c(Cl)c(Cl)c(Cl)c(Cl)c2C1=O. The van der Waals surface area contributed by atoms with Crippen LogP contribution in [0.5, 0.6) is 11.5 Å². The summed E-state index contributed by atoms with van der Waals surface area (Å²) in [6.07, 6.45) is 0. The molecular formula is C23H13Cl4NO5. The van der Waals surface area contributed by atoms with Gasteiger partial charge in [-0.3, -0.25) is 9.59 Å². The van der Waals surface area contributed by atoms with Gasteiger partial charge in [0.15, 0.2) is 12.4 Å². The van der Waals surface area contributed by atoms with Crippen LogP contribution in [0.4, 0.5) is 5.69 Å². The number of hydrogen-bond donors (Lipinski definition) is 0. The quantitative estimate of drug-likeness (QED) is 0.127. The first-order chi connectivity index (χ1) is 15.7. The topological polar surface area (TPSA) is 72.9 Å². The van der Waals surface area contributed by atoms with E-state index in [0.717, 1.165) is 10.5 Å². The third kappa shape index (κ3) is 4.15. The van der Waals surface area contributed by atoms with Crippen molar-refractivity contribution in [1.29, 1.82) is 0 Å². The van der Waals surface area contributed by atoms with Crippen molar-refractivity contribution >= 4 is 69.9 Å². The number of ether oxygens (including phenoxy) is 2. The van der Waals surface area contributed by atoms with Gasteiger partial charge in [-0.25, -0.2) is 9.69 Å². The number of para-hydroxylation sites is 3. The van der Waals surface area contributed by atoms with E-state index in [1.165, 1.54) is 12.1 Å². The highest BCUT2D eigenvalue weighted by molar-refractivity contribution is 6.56. The molecular weight excluding hydrogens is 512 g/mol. The minimum atomic E-state index is -0.778. The summed E-state index contributed by atoms with van der Waals surface area (Å²) in [6.45, 7) is 1.46. The van der Waals surface area contributed by atoms with Gasteiger partial charge in [0, 0.05) is 0 Å². The fourth-order valence-electron chi connectivity index (χ4n) is 3.30. The Morgan fingerprint density at radius 3 is 1.88 bits per heavy atom. The zero-order valence-electron chi connectivity index (χ0n) is 16.8. The predicted octanol–water partition coefficient (Wildman–Crippen LogP) is 6.39. The van der Waals surface area contributed by atoms with Gasteiger partial charge in [0.05, 0.1) is 36.9 Å². The molecule has 2 amide bonds. The normalized spacial score (nSPS) is 12.7. The molecule has 33 heavy (non-hydrogen) atoms. The van der Waals surface area contributed by atoms with E-state index in [0.29, 0.717) is 5.75 Å². The number of hydrogen-bond acceptors (Lipinski definition) is 5. The number of fused-ring (bicyclic) bond motifs is 1. The second kappa shape index (κ2) is 9.23. The van der Waals surface area contributed by atoms with Gasteiger partial charge in [0.1, 0.15) is 5.75 Å². The van der Waals surface area contributed by atoms with Crippen LogP contribution in [0, 0.1) is 6.92 Å². The number of benzene rings is 3. The lowest BCUT2D eigenvalue weighted by atomic mass is 10.1. The molecule has 1 aliphatic heterocycles. The van der Waals surface area contributed by atoms with Crippen LogP contribution in [0.2, 0.25) is 20.1 Å². The highest BCUT2D eigenvalue weighted by Gasteiger charge is 2.43. The average molecular weight is 525 g/mol. The number of carbonyl (C=O) groups excluding carboxylic acids is 3. The van der Waals surface area contributed by atoms with Crippen LogP contribution in [-0.4, -0.2) is 24.4 Å². The van der Waals surface area contributed by atoms with Crippen molar-refractivity contribution < 1.29 is 23.9 Å². The van der Waals surface area contributed by atoms with Gasteiger partial charge in [-0.1, -0.05) is 76.7 Å². The van der Waals surface area contributed by atoms with E-state index in [1.807, 2.05) is 19.1 Å². The maximum atomic E-state index is 13.1. The molecule has 0 saturated heterocycles. The molecule has 0 atom stereocenters. The van der Waals surface area contributed by atoms with Crippen molar-refractivity contribution in [3.63, 3.8) is 0 Å². The van der Waals surface area contributed by atoms with Gasteiger partial charge in [-0.2, -0.15) is 0 Å². The molecule has 0 bridgehead atoms. The third-order valence-electron chi connectivity index (χ3n) is 4.87. The van der Waals surface area contributed by atoms with Crippen LogP contribution in [0.25, 0.3) is 0 Å². The molecule has 6 nitrogen and oxygen atoms in total. The molecule has 3 aromatic rings. The molecule has 168 valence electrons. The lowest BCUT2D eigenvalue weighted by Gasteiger charge is -2.18. The zero-order chi connectivity index (χ0) is 23.9. The second-order valence-corrected chi connectivity index (χ2v) is 8.46. The van der Waals surface area contributed by atoms with Gasteiger partial charge in [-0.15, -0.1) is 0 Å². The Hall–Kier alpha value is -2.77. The summed E-state index contributed by atoms with van der Waals surface area (Å²) in [5, 5.41) is -0.664. The van der Waals surface area contributed by atoms with Gasteiger partial charge < -0.3 is 9.47 Å². The number of aryl methyl sites for hydroxylation is 1. The van der Waals surface area contributed by atoms with E-state index in [4.69, 9.17) is 55.9 Å². The van der Waals surface area contributed by atoms with Crippen molar-refractivity contribution in [3.05, 3.63) is 85.3 Å². The number of carbonyl (C=O) groups is 3. The largest absolute Gasteiger partial charge is 0.482 e. The Balaban J connectivity index is 1.63.